The average Bonchev–Trinajstić information content (AvgIpc) is 3.01. The molecular weight excluding hydrogens is 202 g/mol. The largest absolute Gasteiger partial charge is 0.396 e. The van der Waals surface area contributed by atoms with Crippen LogP contribution >= 0.6 is 0 Å². The minimum absolute atomic E-state index is 0.0859. The smallest absolute Gasteiger partial charge is 0.223 e. The number of hydrogen-bond acceptors (Lipinski definition) is 2. The average molecular weight is 227 g/mol. The Morgan fingerprint density at radius 3 is 2.38 bits per heavy atom. The molecule has 2 atom stereocenters. The summed E-state index contributed by atoms with van der Waals surface area (Å²) >= 11 is 0. The van der Waals surface area contributed by atoms with Gasteiger partial charge in [-0.05, 0) is 37.0 Å². The molecule has 3 nitrogen and oxygen atoms in total. The molecule has 3 heteroatoms. The highest BCUT2D eigenvalue weighted by Crippen LogP contribution is 2.38. The second-order valence-electron chi connectivity index (χ2n) is 5.22. The Bertz CT molecular complexity index is 236. The molecule has 0 aromatic rings. The van der Waals surface area contributed by atoms with E-state index in [1.807, 2.05) is 0 Å². The zero-order valence-electron chi connectivity index (χ0n) is 10.8. The van der Waals surface area contributed by atoms with Crippen molar-refractivity contribution in [1.82, 2.24) is 5.32 Å². The number of aliphatic hydroxyl groups is 1. The lowest BCUT2D eigenvalue weighted by Gasteiger charge is -2.31. The Labute approximate surface area is 98.6 Å². The van der Waals surface area contributed by atoms with Crippen LogP contribution in [0.25, 0.3) is 0 Å². The first kappa shape index (κ1) is 13.5. The van der Waals surface area contributed by atoms with E-state index in [4.69, 9.17) is 5.11 Å². The van der Waals surface area contributed by atoms with Crippen LogP contribution in [0.2, 0.25) is 0 Å². The van der Waals surface area contributed by atoms with Gasteiger partial charge in [-0.1, -0.05) is 20.8 Å². The summed E-state index contributed by atoms with van der Waals surface area (Å²) in [6.07, 6.45) is 3.83. The van der Waals surface area contributed by atoms with E-state index < -0.39 is 0 Å². The molecule has 2 N–H and O–H groups in total. The maximum Gasteiger partial charge on any atom is 0.223 e. The Morgan fingerprint density at radius 2 is 2.00 bits per heavy atom. The van der Waals surface area contributed by atoms with Crippen molar-refractivity contribution >= 4 is 5.91 Å². The number of amides is 1. The van der Waals surface area contributed by atoms with Gasteiger partial charge < -0.3 is 10.4 Å². The van der Waals surface area contributed by atoms with E-state index in [9.17, 15) is 4.79 Å². The van der Waals surface area contributed by atoms with E-state index in [1.54, 1.807) is 0 Å². The lowest BCUT2D eigenvalue weighted by atomic mass is 9.79. The van der Waals surface area contributed by atoms with Crippen LogP contribution in [0.4, 0.5) is 0 Å². The topological polar surface area (TPSA) is 49.3 Å². The Hall–Kier alpha value is -0.570. The fourth-order valence-electron chi connectivity index (χ4n) is 2.27. The third-order valence-electron chi connectivity index (χ3n) is 4.23. The molecule has 16 heavy (non-hydrogen) atoms. The standard InChI is InChI=1S/C13H25NO2/c1-4-13(5-2,6-7-15)9-14-12(16)11-8-10(11)3/h10-11,15H,4-9H2,1-3H3,(H,14,16). The third kappa shape index (κ3) is 3.21. The lowest BCUT2D eigenvalue weighted by molar-refractivity contribution is -0.123. The molecule has 1 fully saturated rings. The fraction of sp³-hybridized carbons (Fsp3) is 0.923. The fourth-order valence-corrected chi connectivity index (χ4v) is 2.27. The Morgan fingerprint density at radius 1 is 1.44 bits per heavy atom. The van der Waals surface area contributed by atoms with Crippen LogP contribution in [0.1, 0.15) is 46.5 Å². The van der Waals surface area contributed by atoms with E-state index >= 15 is 0 Å². The summed E-state index contributed by atoms with van der Waals surface area (Å²) in [4.78, 5) is 11.7. The summed E-state index contributed by atoms with van der Waals surface area (Å²) in [5, 5.41) is 12.1. The van der Waals surface area contributed by atoms with Crippen molar-refractivity contribution in [2.24, 2.45) is 17.3 Å². The van der Waals surface area contributed by atoms with Crippen LogP contribution in [0.3, 0.4) is 0 Å². The molecule has 1 amide bonds. The van der Waals surface area contributed by atoms with Crippen molar-refractivity contribution in [3.8, 4) is 0 Å². The number of carbonyl (C=O) groups is 1. The van der Waals surface area contributed by atoms with Crippen molar-refractivity contribution < 1.29 is 9.90 Å². The molecule has 0 heterocycles. The summed E-state index contributed by atoms with van der Waals surface area (Å²) < 4.78 is 0. The summed E-state index contributed by atoms with van der Waals surface area (Å²) in [7, 11) is 0. The van der Waals surface area contributed by atoms with Gasteiger partial charge >= 0.3 is 0 Å². The number of carbonyl (C=O) groups excluding carboxylic acids is 1. The minimum Gasteiger partial charge on any atom is -0.396 e. The van der Waals surface area contributed by atoms with Gasteiger partial charge in [-0.25, -0.2) is 0 Å². The first-order chi connectivity index (χ1) is 7.58. The zero-order valence-corrected chi connectivity index (χ0v) is 10.8. The van der Waals surface area contributed by atoms with Gasteiger partial charge in [-0.2, -0.15) is 0 Å². The second-order valence-corrected chi connectivity index (χ2v) is 5.22. The van der Waals surface area contributed by atoms with Gasteiger partial charge in [0, 0.05) is 19.1 Å². The molecule has 0 saturated heterocycles. The monoisotopic (exact) mass is 227 g/mol. The molecular formula is C13H25NO2. The van der Waals surface area contributed by atoms with Crippen molar-refractivity contribution in [3.63, 3.8) is 0 Å². The van der Waals surface area contributed by atoms with E-state index in [0.717, 1.165) is 25.7 Å². The van der Waals surface area contributed by atoms with E-state index in [2.05, 4.69) is 26.1 Å². The van der Waals surface area contributed by atoms with Gasteiger partial charge in [0.15, 0.2) is 0 Å². The van der Waals surface area contributed by atoms with Gasteiger partial charge in [0.05, 0.1) is 0 Å². The highest BCUT2D eigenvalue weighted by atomic mass is 16.3. The highest BCUT2D eigenvalue weighted by Gasteiger charge is 2.39. The predicted molar refractivity (Wildman–Crippen MR) is 65.0 cm³/mol. The molecule has 1 aliphatic rings. The quantitative estimate of drug-likeness (QED) is 0.698. The maximum atomic E-state index is 11.7. The van der Waals surface area contributed by atoms with E-state index in [-0.39, 0.29) is 23.8 Å². The molecule has 1 aliphatic carbocycles. The molecule has 2 unspecified atom stereocenters. The van der Waals surface area contributed by atoms with Crippen molar-refractivity contribution in [2.45, 2.75) is 46.5 Å². The van der Waals surface area contributed by atoms with Crippen LogP contribution in [-0.4, -0.2) is 24.2 Å². The summed E-state index contributed by atoms with van der Waals surface area (Å²) in [6, 6.07) is 0. The van der Waals surface area contributed by atoms with Crippen LogP contribution < -0.4 is 5.32 Å². The van der Waals surface area contributed by atoms with Gasteiger partial charge in [0.1, 0.15) is 0 Å². The first-order valence-corrected chi connectivity index (χ1v) is 6.47. The summed E-state index contributed by atoms with van der Waals surface area (Å²) in [6.45, 7) is 7.29. The van der Waals surface area contributed by atoms with Gasteiger partial charge in [0.2, 0.25) is 5.91 Å². The number of aliphatic hydroxyl groups excluding tert-OH is 1. The van der Waals surface area contributed by atoms with Crippen LogP contribution in [0.5, 0.6) is 0 Å². The summed E-state index contributed by atoms with van der Waals surface area (Å²) in [5.41, 5.74) is 0.0859. The minimum atomic E-state index is 0.0859. The molecule has 0 aliphatic heterocycles. The SMILES string of the molecule is CCC(CC)(CCO)CNC(=O)C1CC1C. The highest BCUT2D eigenvalue weighted by molar-refractivity contribution is 5.81. The first-order valence-electron chi connectivity index (χ1n) is 6.47. The molecule has 0 radical (unpaired) electrons. The molecule has 0 bridgehead atoms. The molecule has 0 aromatic carbocycles. The van der Waals surface area contributed by atoms with E-state index in [0.29, 0.717) is 12.5 Å². The number of nitrogens with one attached hydrogen (secondary N) is 1. The molecule has 1 rings (SSSR count). The molecule has 1 saturated carbocycles. The van der Waals surface area contributed by atoms with Gasteiger partial charge in [-0.3, -0.25) is 4.79 Å². The molecule has 94 valence electrons. The molecule has 0 spiro atoms. The normalized spacial score (nSPS) is 24.2. The predicted octanol–water partition coefficient (Wildman–Crippen LogP) is 1.95. The second kappa shape index (κ2) is 5.67. The van der Waals surface area contributed by atoms with Crippen molar-refractivity contribution in [3.05, 3.63) is 0 Å². The van der Waals surface area contributed by atoms with Crippen LogP contribution in [0, 0.1) is 17.3 Å². The van der Waals surface area contributed by atoms with Crippen molar-refractivity contribution in [2.75, 3.05) is 13.2 Å². The third-order valence-corrected chi connectivity index (χ3v) is 4.23. The molecule has 0 aromatic heterocycles. The van der Waals surface area contributed by atoms with Gasteiger partial charge in [0.25, 0.3) is 0 Å². The zero-order chi connectivity index (χ0) is 12.2. The maximum absolute atomic E-state index is 11.7. The number of rotatable bonds is 7. The number of hydrogen-bond donors (Lipinski definition) is 2. The Balaban J connectivity index is 2.39. The van der Waals surface area contributed by atoms with E-state index in [1.165, 1.54) is 0 Å². The van der Waals surface area contributed by atoms with Gasteiger partial charge in [-0.15, -0.1) is 0 Å². The lowest BCUT2D eigenvalue weighted by Crippen LogP contribution is -2.38. The Kier molecular flexibility index (Phi) is 4.78. The summed E-state index contributed by atoms with van der Waals surface area (Å²) in [5.74, 6) is 1.02. The van der Waals surface area contributed by atoms with Crippen LogP contribution in [-0.2, 0) is 4.79 Å². The van der Waals surface area contributed by atoms with Crippen LogP contribution in [0.15, 0.2) is 0 Å². The van der Waals surface area contributed by atoms with Crippen molar-refractivity contribution in [1.29, 1.82) is 0 Å².